The van der Waals surface area contributed by atoms with Gasteiger partial charge in [0.25, 0.3) is 0 Å². The lowest BCUT2D eigenvalue weighted by atomic mass is 10.1. The highest BCUT2D eigenvalue weighted by molar-refractivity contribution is 6.32. The fourth-order valence-electron chi connectivity index (χ4n) is 7.63. The van der Waals surface area contributed by atoms with Gasteiger partial charge in [-0.15, -0.1) is 0 Å². The summed E-state index contributed by atoms with van der Waals surface area (Å²) in [6.45, 7) is 8.09. The first-order chi connectivity index (χ1) is 37.4. The van der Waals surface area contributed by atoms with Crippen LogP contribution in [0.15, 0.2) is 164 Å². The quantitative estimate of drug-likeness (QED) is 0.0737. The van der Waals surface area contributed by atoms with Gasteiger partial charge in [-0.2, -0.15) is 15.3 Å². The van der Waals surface area contributed by atoms with Gasteiger partial charge in [0.15, 0.2) is 0 Å². The summed E-state index contributed by atoms with van der Waals surface area (Å²) in [5, 5.41) is 45.1. The lowest BCUT2D eigenvalue weighted by Gasteiger charge is -2.18. The van der Waals surface area contributed by atoms with Gasteiger partial charge in [0.2, 0.25) is 18.3 Å². The molecule has 81 heavy (non-hydrogen) atoms. The highest BCUT2D eigenvalue weighted by Gasteiger charge is 2.27. The summed E-state index contributed by atoms with van der Waals surface area (Å²) >= 11 is 36.3. The normalized spacial score (nSPS) is 11.5. The number of carboxylic acids is 3. The number of halogens is 6. The maximum Gasteiger partial charge on any atom is 0.349 e. The van der Waals surface area contributed by atoms with E-state index in [0.717, 1.165) is 19.6 Å². The molecule has 3 aromatic heterocycles. The summed E-state index contributed by atoms with van der Waals surface area (Å²) < 4.78 is 22.8. The fourth-order valence-corrected chi connectivity index (χ4v) is 8.75. The molecular weight excluding hydrogens is 1160 g/mol. The van der Waals surface area contributed by atoms with E-state index in [2.05, 4.69) is 15.3 Å². The van der Waals surface area contributed by atoms with Crippen molar-refractivity contribution in [3.63, 3.8) is 0 Å². The lowest BCUT2D eigenvalue weighted by Crippen LogP contribution is -2.18. The van der Waals surface area contributed by atoms with Crippen molar-refractivity contribution in [3.8, 4) is 51.0 Å². The molecule has 6 aromatic carbocycles. The number of carbonyl (C=O) groups is 3. The van der Waals surface area contributed by atoms with Gasteiger partial charge in [-0.1, -0.05) is 128 Å². The molecule has 0 aliphatic carbocycles. The molecular formula is C60H60Cl6N6O9. The van der Waals surface area contributed by atoms with Crippen LogP contribution in [0.5, 0.6) is 17.2 Å². The van der Waals surface area contributed by atoms with Crippen LogP contribution < -0.4 is 14.2 Å². The van der Waals surface area contributed by atoms with Crippen molar-refractivity contribution < 1.29 is 43.9 Å². The standard InChI is InChI=1S/3C19H16Cl2N2O3.3CH4/c3*1-2-23-9-8-16(22-23)15-11-14(21)6-7-17(15)26-18(19(24)25)12-4-3-5-13(20)10-12;;;/h3*3-11,18H,2H2,1H3,(H,24,25);3*1H4. The zero-order chi connectivity index (χ0) is 56.0. The second kappa shape index (κ2) is 30.9. The Morgan fingerprint density at radius 1 is 0.395 bits per heavy atom. The molecule has 3 atom stereocenters. The largest absolute Gasteiger partial charge is 0.478 e. The number of rotatable bonds is 18. The molecule has 0 aliphatic heterocycles. The minimum atomic E-state index is -1.21. The first kappa shape index (κ1) is 66.0. The van der Waals surface area contributed by atoms with E-state index in [1.165, 1.54) is 0 Å². The number of hydrogen-bond donors (Lipinski definition) is 3. The van der Waals surface area contributed by atoms with Crippen LogP contribution in [-0.4, -0.2) is 62.6 Å². The van der Waals surface area contributed by atoms with Crippen LogP contribution in [0.1, 0.15) is 78.1 Å². The maximum atomic E-state index is 11.8. The molecule has 0 saturated heterocycles. The monoisotopic (exact) mass is 1220 g/mol. The van der Waals surface area contributed by atoms with Crippen molar-refractivity contribution in [2.24, 2.45) is 0 Å². The molecule has 21 heteroatoms. The van der Waals surface area contributed by atoms with Crippen LogP contribution in [0.2, 0.25) is 30.1 Å². The number of hydrogen-bond acceptors (Lipinski definition) is 9. The molecule has 0 aliphatic rings. The molecule has 0 spiro atoms. The van der Waals surface area contributed by atoms with Gasteiger partial charge in [-0.25, -0.2) is 14.4 Å². The number of aliphatic carboxylic acids is 3. The zero-order valence-corrected chi connectivity index (χ0v) is 46.2. The molecule has 0 radical (unpaired) electrons. The van der Waals surface area contributed by atoms with Crippen molar-refractivity contribution in [3.05, 3.63) is 211 Å². The number of benzene rings is 6. The minimum absolute atomic E-state index is 0. The summed E-state index contributed by atoms with van der Waals surface area (Å²) in [4.78, 5) is 35.3. The lowest BCUT2D eigenvalue weighted by molar-refractivity contribution is -0.146. The first-order valence-corrected chi connectivity index (χ1v) is 26.1. The SMILES string of the molecule is C.C.C.CCn1ccc(-c2cc(Cl)ccc2OC(C(=O)O)c2cccc(Cl)c2)n1.CCn1ccc(-c2cc(Cl)ccc2OC(C(=O)O)c2cccc(Cl)c2)n1.CCn1ccc(-c2cc(Cl)ccc2OC(C(=O)O)c2cccc(Cl)c2)n1. The Hall–Kier alpha value is -7.50. The van der Waals surface area contributed by atoms with E-state index in [1.807, 2.05) is 57.6 Å². The van der Waals surface area contributed by atoms with Gasteiger partial charge < -0.3 is 29.5 Å². The van der Waals surface area contributed by atoms with E-state index >= 15 is 0 Å². The molecule has 15 nitrogen and oxygen atoms in total. The molecule has 9 aromatic rings. The summed E-state index contributed by atoms with van der Waals surface area (Å²) in [5.74, 6) is -2.22. The Bertz CT molecular complexity index is 3190. The van der Waals surface area contributed by atoms with Crippen molar-refractivity contribution in [1.29, 1.82) is 0 Å². The third-order valence-electron chi connectivity index (χ3n) is 11.4. The van der Waals surface area contributed by atoms with Crippen molar-refractivity contribution >= 4 is 87.5 Å². The number of aromatic nitrogens is 6. The Kier molecular flexibility index (Phi) is 25.2. The van der Waals surface area contributed by atoms with Gasteiger partial charge in [-0.3, -0.25) is 14.0 Å². The van der Waals surface area contributed by atoms with Crippen LogP contribution >= 0.6 is 69.6 Å². The van der Waals surface area contributed by atoms with Gasteiger partial charge >= 0.3 is 17.9 Å². The van der Waals surface area contributed by atoms with Crippen LogP contribution in [0.4, 0.5) is 0 Å². The number of ether oxygens (including phenoxy) is 3. The predicted molar refractivity (Wildman–Crippen MR) is 323 cm³/mol. The van der Waals surface area contributed by atoms with E-state index < -0.39 is 36.2 Å². The summed E-state index contributed by atoms with van der Waals surface area (Å²) in [7, 11) is 0. The topological polar surface area (TPSA) is 193 Å². The van der Waals surface area contributed by atoms with E-state index in [9.17, 15) is 29.7 Å². The molecule has 0 amide bonds. The molecule has 426 valence electrons. The minimum Gasteiger partial charge on any atom is -0.478 e. The van der Waals surface area contributed by atoms with Crippen LogP contribution in [0.3, 0.4) is 0 Å². The summed E-state index contributed by atoms with van der Waals surface area (Å²) in [6, 6.07) is 40.2. The Balaban J connectivity index is 0.000000257. The molecule has 3 N–H and O–H groups in total. The molecule has 3 heterocycles. The third kappa shape index (κ3) is 17.7. The summed E-state index contributed by atoms with van der Waals surface area (Å²) in [6.07, 6.45) is 1.90. The smallest absolute Gasteiger partial charge is 0.349 e. The zero-order valence-electron chi connectivity index (χ0n) is 41.7. The first-order valence-electron chi connectivity index (χ1n) is 23.9. The van der Waals surface area contributed by atoms with E-state index in [0.29, 0.717) is 97.8 Å². The van der Waals surface area contributed by atoms with E-state index in [-0.39, 0.29) is 22.3 Å². The average molecular weight is 1220 g/mol. The second-order valence-electron chi connectivity index (χ2n) is 16.8. The van der Waals surface area contributed by atoms with Crippen molar-refractivity contribution in [2.75, 3.05) is 0 Å². The van der Waals surface area contributed by atoms with E-state index in [1.54, 1.807) is 141 Å². The number of carboxylic acid groups (broad SMARTS) is 3. The average Bonchev–Trinajstić information content (AvgIpc) is 4.30. The maximum absolute atomic E-state index is 11.8. The molecule has 0 saturated carbocycles. The van der Waals surface area contributed by atoms with Crippen molar-refractivity contribution in [1.82, 2.24) is 29.3 Å². The predicted octanol–water partition coefficient (Wildman–Crippen LogP) is 17.2. The van der Waals surface area contributed by atoms with Crippen LogP contribution in [-0.2, 0) is 34.0 Å². The molecule has 3 unspecified atom stereocenters. The highest BCUT2D eigenvalue weighted by Crippen LogP contribution is 2.38. The molecule has 0 fully saturated rings. The van der Waals surface area contributed by atoms with Gasteiger partial charge in [0.1, 0.15) is 17.2 Å². The van der Waals surface area contributed by atoms with Gasteiger partial charge in [0.05, 0.1) is 17.1 Å². The highest BCUT2D eigenvalue weighted by atomic mass is 35.5. The molecule has 0 bridgehead atoms. The third-order valence-corrected chi connectivity index (χ3v) is 12.8. The second-order valence-corrected chi connectivity index (χ2v) is 19.4. The van der Waals surface area contributed by atoms with E-state index in [4.69, 9.17) is 83.8 Å². The Labute approximate surface area is 500 Å². The summed E-state index contributed by atoms with van der Waals surface area (Å²) in [5.41, 5.74) is 5.17. The van der Waals surface area contributed by atoms with Crippen LogP contribution in [0, 0.1) is 0 Å². The Morgan fingerprint density at radius 3 is 0.852 bits per heavy atom. The van der Waals surface area contributed by atoms with Gasteiger partial charge in [0, 0.05) is 102 Å². The number of nitrogens with zero attached hydrogens (tertiary/aromatic N) is 6. The Morgan fingerprint density at radius 2 is 0.642 bits per heavy atom. The van der Waals surface area contributed by atoms with Gasteiger partial charge in [-0.05, 0) is 130 Å². The van der Waals surface area contributed by atoms with Crippen molar-refractivity contribution in [2.45, 2.75) is 81.0 Å². The number of aryl methyl sites for hydroxylation is 3. The van der Waals surface area contributed by atoms with Crippen LogP contribution in [0.25, 0.3) is 33.8 Å². The fraction of sp³-hybridized carbons (Fsp3) is 0.200. The molecule has 9 rings (SSSR count).